The highest BCUT2D eigenvalue weighted by atomic mass is 16.6. The molecule has 3 rings (SSSR count). The molecule has 2 fully saturated rings. The predicted molar refractivity (Wildman–Crippen MR) is 76.6 cm³/mol. The number of benzene rings is 1. The van der Waals surface area contributed by atoms with Crippen LogP contribution in [0.15, 0.2) is 24.4 Å². The molecular formula is C15H18N2O3. The molecule has 1 aliphatic carbocycles. The molecule has 0 unspecified atom stereocenters. The van der Waals surface area contributed by atoms with Crippen molar-refractivity contribution in [2.75, 3.05) is 13.1 Å². The second-order valence-corrected chi connectivity index (χ2v) is 5.35. The second-order valence-electron chi connectivity index (χ2n) is 5.35. The first-order valence-corrected chi connectivity index (χ1v) is 7.10. The Kier molecular flexibility index (Phi) is 3.58. The third-order valence-electron chi connectivity index (χ3n) is 3.63. The molecule has 5 heteroatoms. The van der Waals surface area contributed by atoms with Gasteiger partial charge >= 0.3 is 0 Å². The normalized spacial score (nSPS) is 18.7. The summed E-state index contributed by atoms with van der Waals surface area (Å²) in [6, 6.07) is 4.98. The van der Waals surface area contributed by atoms with E-state index in [0.29, 0.717) is 11.7 Å². The number of nitro benzene ring substituents is 1. The number of hydrogen-bond acceptors (Lipinski definition) is 4. The lowest BCUT2D eigenvalue weighted by atomic mass is 10.1. The highest BCUT2D eigenvalue weighted by Gasteiger charge is 2.24. The van der Waals surface area contributed by atoms with Crippen LogP contribution in [-0.4, -0.2) is 29.0 Å². The zero-order valence-corrected chi connectivity index (χ0v) is 11.3. The van der Waals surface area contributed by atoms with Crippen molar-refractivity contribution in [3.05, 3.63) is 40.1 Å². The maximum absolute atomic E-state index is 11.1. The number of rotatable bonds is 5. The lowest BCUT2D eigenvalue weighted by Gasteiger charge is -2.10. The van der Waals surface area contributed by atoms with E-state index in [2.05, 4.69) is 4.90 Å². The Bertz CT molecular complexity index is 532. The van der Waals surface area contributed by atoms with E-state index >= 15 is 0 Å². The van der Waals surface area contributed by atoms with Crippen LogP contribution in [0.3, 0.4) is 0 Å². The van der Waals surface area contributed by atoms with E-state index in [9.17, 15) is 10.1 Å². The highest BCUT2D eigenvalue weighted by molar-refractivity contribution is 5.62. The molecule has 1 aromatic rings. The fraction of sp³-hybridized carbons (Fsp3) is 0.467. The molecule has 0 bridgehead atoms. The number of likely N-dealkylation sites (tertiary alicyclic amines) is 1. The molecule has 1 aromatic carbocycles. The van der Waals surface area contributed by atoms with Crippen LogP contribution in [0.5, 0.6) is 5.75 Å². The van der Waals surface area contributed by atoms with E-state index < -0.39 is 0 Å². The first-order valence-electron chi connectivity index (χ1n) is 7.10. The van der Waals surface area contributed by atoms with Crippen LogP contribution in [0, 0.1) is 10.1 Å². The number of nitro groups is 1. The molecule has 1 saturated carbocycles. The number of nitrogens with zero attached hydrogens (tertiary/aromatic N) is 2. The van der Waals surface area contributed by atoms with Gasteiger partial charge in [0.1, 0.15) is 5.75 Å². The highest BCUT2D eigenvalue weighted by Crippen LogP contribution is 2.30. The number of hydrogen-bond donors (Lipinski definition) is 0. The van der Waals surface area contributed by atoms with Gasteiger partial charge in [0.05, 0.1) is 16.6 Å². The van der Waals surface area contributed by atoms with Crippen molar-refractivity contribution < 1.29 is 9.66 Å². The van der Waals surface area contributed by atoms with Gasteiger partial charge in [0.25, 0.3) is 5.69 Å². The summed E-state index contributed by atoms with van der Waals surface area (Å²) >= 11 is 0. The SMILES string of the molecule is O=[N+]([O-])c1ccc(OC2CC2)cc1/C=C/N1CCCC1. The largest absolute Gasteiger partial charge is 0.490 e. The molecule has 0 spiro atoms. The Hall–Kier alpha value is -2.04. The fourth-order valence-electron chi connectivity index (χ4n) is 2.36. The van der Waals surface area contributed by atoms with Crippen LogP contribution in [0.1, 0.15) is 31.2 Å². The molecule has 0 N–H and O–H groups in total. The molecule has 1 heterocycles. The summed E-state index contributed by atoms with van der Waals surface area (Å²) in [5.74, 6) is 0.721. The van der Waals surface area contributed by atoms with E-state index in [-0.39, 0.29) is 10.6 Å². The summed E-state index contributed by atoms with van der Waals surface area (Å²) in [6.45, 7) is 2.06. The quantitative estimate of drug-likeness (QED) is 0.611. The molecular weight excluding hydrogens is 256 g/mol. The van der Waals surface area contributed by atoms with Gasteiger partial charge in [-0.1, -0.05) is 0 Å². The van der Waals surface area contributed by atoms with Gasteiger partial charge in [0, 0.05) is 19.2 Å². The van der Waals surface area contributed by atoms with E-state index in [0.717, 1.165) is 31.7 Å². The molecule has 20 heavy (non-hydrogen) atoms. The van der Waals surface area contributed by atoms with Crippen molar-refractivity contribution in [3.8, 4) is 5.75 Å². The van der Waals surface area contributed by atoms with Gasteiger partial charge in [0.2, 0.25) is 0 Å². The molecule has 5 nitrogen and oxygen atoms in total. The summed E-state index contributed by atoms with van der Waals surface area (Å²) in [4.78, 5) is 12.9. The van der Waals surface area contributed by atoms with Gasteiger partial charge in [-0.3, -0.25) is 10.1 Å². The van der Waals surface area contributed by atoms with Crippen molar-refractivity contribution in [2.45, 2.75) is 31.8 Å². The molecule has 0 radical (unpaired) electrons. The molecule has 1 aliphatic heterocycles. The second kappa shape index (κ2) is 5.53. The Labute approximate surface area is 118 Å². The van der Waals surface area contributed by atoms with Gasteiger partial charge in [-0.15, -0.1) is 0 Å². The fourth-order valence-corrected chi connectivity index (χ4v) is 2.36. The zero-order valence-electron chi connectivity index (χ0n) is 11.3. The smallest absolute Gasteiger partial charge is 0.276 e. The first-order chi connectivity index (χ1) is 9.72. The summed E-state index contributed by atoms with van der Waals surface area (Å²) < 4.78 is 5.70. The van der Waals surface area contributed by atoms with E-state index in [1.807, 2.05) is 12.3 Å². The van der Waals surface area contributed by atoms with Crippen molar-refractivity contribution in [2.24, 2.45) is 0 Å². The molecule has 0 amide bonds. The first kappa shape index (κ1) is 13.0. The number of ether oxygens (including phenoxy) is 1. The summed E-state index contributed by atoms with van der Waals surface area (Å²) in [5.41, 5.74) is 0.739. The van der Waals surface area contributed by atoms with Crippen LogP contribution in [0.4, 0.5) is 5.69 Å². The Morgan fingerprint density at radius 3 is 2.70 bits per heavy atom. The molecule has 0 atom stereocenters. The van der Waals surface area contributed by atoms with Crippen LogP contribution >= 0.6 is 0 Å². The molecule has 0 aromatic heterocycles. The standard InChI is InChI=1S/C15H18N2O3/c18-17(19)15-6-5-14(20-13-3-4-13)11-12(15)7-10-16-8-1-2-9-16/h5-7,10-11,13H,1-4,8-9H2/b10-7+. The van der Waals surface area contributed by atoms with Crippen molar-refractivity contribution >= 4 is 11.8 Å². The topological polar surface area (TPSA) is 55.6 Å². The Balaban J connectivity index is 1.81. The monoisotopic (exact) mass is 274 g/mol. The van der Waals surface area contributed by atoms with Crippen LogP contribution in [0.2, 0.25) is 0 Å². The minimum Gasteiger partial charge on any atom is -0.490 e. The van der Waals surface area contributed by atoms with Crippen LogP contribution in [-0.2, 0) is 0 Å². The summed E-state index contributed by atoms with van der Waals surface area (Å²) in [7, 11) is 0. The van der Waals surface area contributed by atoms with Gasteiger partial charge < -0.3 is 9.64 Å². The molecule has 2 aliphatic rings. The lowest BCUT2D eigenvalue weighted by Crippen LogP contribution is -2.10. The molecule has 1 saturated heterocycles. The van der Waals surface area contributed by atoms with Gasteiger partial charge in [-0.05, 0) is 50.1 Å². The van der Waals surface area contributed by atoms with E-state index in [1.165, 1.54) is 18.9 Å². The minimum atomic E-state index is -0.343. The Morgan fingerprint density at radius 2 is 2.05 bits per heavy atom. The minimum absolute atomic E-state index is 0.128. The van der Waals surface area contributed by atoms with Crippen LogP contribution in [0.25, 0.3) is 6.08 Å². The lowest BCUT2D eigenvalue weighted by molar-refractivity contribution is -0.385. The third-order valence-corrected chi connectivity index (χ3v) is 3.63. The summed E-state index contributed by atoms with van der Waals surface area (Å²) in [6.07, 6.45) is 8.62. The molecule has 106 valence electrons. The third kappa shape index (κ3) is 3.10. The summed E-state index contributed by atoms with van der Waals surface area (Å²) in [5, 5.41) is 11.1. The van der Waals surface area contributed by atoms with Crippen LogP contribution < -0.4 is 4.74 Å². The maximum atomic E-state index is 11.1. The predicted octanol–water partition coefficient (Wildman–Crippen LogP) is 3.20. The van der Waals surface area contributed by atoms with Gasteiger partial charge in [0.15, 0.2) is 0 Å². The van der Waals surface area contributed by atoms with Crippen molar-refractivity contribution in [1.29, 1.82) is 0 Å². The van der Waals surface area contributed by atoms with E-state index in [4.69, 9.17) is 4.74 Å². The maximum Gasteiger partial charge on any atom is 0.276 e. The average Bonchev–Trinajstić information content (AvgIpc) is 3.08. The Morgan fingerprint density at radius 1 is 1.30 bits per heavy atom. The zero-order chi connectivity index (χ0) is 13.9. The van der Waals surface area contributed by atoms with Gasteiger partial charge in [-0.25, -0.2) is 0 Å². The average molecular weight is 274 g/mol. The van der Waals surface area contributed by atoms with Crippen molar-refractivity contribution in [3.63, 3.8) is 0 Å². The van der Waals surface area contributed by atoms with Crippen molar-refractivity contribution in [1.82, 2.24) is 4.90 Å². The van der Waals surface area contributed by atoms with E-state index in [1.54, 1.807) is 12.1 Å². The van der Waals surface area contributed by atoms with Gasteiger partial charge in [-0.2, -0.15) is 0 Å².